The Morgan fingerprint density at radius 2 is 1.83 bits per heavy atom. The molecular weight excluding hydrogens is 319 g/mol. The Labute approximate surface area is 136 Å². The van der Waals surface area contributed by atoms with Crippen molar-refractivity contribution < 1.29 is 17.6 Å². The number of sulfone groups is 1. The van der Waals surface area contributed by atoms with Gasteiger partial charge in [-0.25, -0.2) is 17.6 Å². The van der Waals surface area contributed by atoms with Gasteiger partial charge in [-0.3, -0.25) is 0 Å². The number of rotatable bonds is 4. The first kappa shape index (κ1) is 17.7. The highest BCUT2D eigenvalue weighted by atomic mass is 32.2. The van der Waals surface area contributed by atoms with E-state index in [1.165, 1.54) is 24.3 Å². The van der Waals surface area contributed by atoms with E-state index in [0.29, 0.717) is 31.6 Å². The van der Waals surface area contributed by atoms with Crippen LogP contribution in [0.2, 0.25) is 0 Å². The molecule has 128 valence electrons. The molecule has 1 heterocycles. The molecule has 1 fully saturated rings. The summed E-state index contributed by atoms with van der Waals surface area (Å²) in [5.74, 6) is -0.0571. The van der Waals surface area contributed by atoms with Gasteiger partial charge in [0.2, 0.25) is 0 Å². The summed E-state index contributed by atoms with van der Waals surface area (Å²) in [4.78, 5) is 13.8. The molecule has 0 saturated carbocycles. The number of nitrogens with zero attached hydrogens (tertiary/aromatic N) is 1. The van der Waals surface area contributed by atoms with Crippen molar-refractivity contribution in [1.82, 2.24) is 4.90 Å². The number of anilines is 1. The van der Waals surface area contributed by atoms with Crippen LogP contribution in [0, 0.1) is 11.7 Å². The van der Waals surface area contributed by atoms with Gasteiger partial charge in [0.25, 0.3) is 0 Å². The zero-order chi connectivity index (χ0) is 17.0. The fraction of sp³-hybridized carbons (Fsp3) is 0.562. The standard InChI is InChI=1S/C16H23FN2O3S/c1-12(2)11-23(21,22)15-7-9-19(10-8-15)16(20)18-14-5-3-13(17)4-6-14/h3-6,12,15H,7-11H2,1-2H3,(H,18,20). The minimum Gasteiger partial charge on any atom is -0.324 e. The van der Waals surface area contributed by atoms with Crippen molar-refractivity contribution in [2.24, 2.45) is 5.92 Å². The molecule has 0 aliphatic carbocycles. The Bertz CT molecular complexity index is 636. The van der Waals surface area contributed by atoms with Crippen molar-refractivity contribution in [2.75, 3.05) is 24.2 Å². The van der Waals surface area contributed by atoms with E-state index in [1.54, 1.807) is 4.90 Å². The van der Waals surface area contributed by atoms with E-state index < -0.39 is 9.84 Å². The lowest BCUT2D eigenvalue weighted by molar-refractivity contribution is 0.200. The van der Waals surface area contributed by atoms with E-state index in [9.17, 15) is 17.6 Å². The number of piperidine rings is 1. The molecule has 0 aromatic heterocycles. The van der Waals surface area contributed by atoms with Crippen LogP contribution in [-0.2, 0) is 9.84 Å². The van der Waals surface area contributed by atoms with Crippen LogP contribution in [-0.4, -0.2) is 43.4 Å². The van der Waals surface area contributed by atoms with Crippen LogP contribution in [0.3, 0.4) is 0 Å². The third kappa shape index (κ3) is 4.92. The van der Waals surface area contributed by atoms with Crippen molar-refractivity contribution in [2.45, 2.75) is 31.9 Å². The maximum Gasteiger partial charge on any atom is 0.321 e. The predicted octanol–water partition coefficient (Wildman–Crippen LogP) is 2.89. The normalized spacial score (nSPS) is 16.6. The zero-order valence-corrected chi connectivity index (χ0v) is 14.3. The summed E-state index contributed by atoms with van der Waals surface area (Å²) in [6.45, 7) is 4.61. The molecule has 0 unspecified atom stereocenters. The first-order chi connectivity index (χ1) is 10.8. The van der Waals surface area contributed by atoms with Gasteiger partial charge in [-0.15, -0.1) is 0 Å². The summed E-state index contributed by atoms with van der Waals surface area (Å²) >= 11 is 0. The summed E-state index contributed by atoms with van der Waals surface area (Å²) in [5, 5.41) is 2.33. The lowest BCUT2D eigenvalue weighted by Crippen LogP contribution is -2.45. The highest BCUT2D eigenvalue weighted by molar-refractivity contribution is 7.92. The van der Waals surface area contributed by atoms with Gasteiger partial charge < -0.3 is 10.2 Å². The van der Waals surface area contributed by atoms with Crippen molar-refractivity contribution in [1.29, 1.82) is 0 Å². The van der Waals surface area contributed by atoms with E-state index >= 15 is 0 Å². The number of amides is 2. The second-order valence-corrected chi connectivity index (χ2v) is 8.67. The second kappa shape index (κ2) is 7.29. The summed E-state index contributed by atoms with van der Waals surface area (Å²) in [5.41, 5.74) is 0.519. The quantitative estimate of drug-likeness (QED) is 0.915. The molecule has 0 spiro atoms. The van der Waals surface area contributed by atoms with Crippen molar-refractivity contribution in [3.05, 3.63) is 30.1 Å². The molecule has 0 atom stereocenters. The van der Waals surface area contributed by atoms with E-state index in [-0.39, 0.29) is 28.8 Å². The number of carbonyl (C=O) groups excluding carboxylic acids is 1. The monoisotopic (exact) mass is 342 g/mol. The molecule has 2 amide bonds. The third-order valence-electron chi connectivity index (χ3n) is 3.90. The topological polar surface area (TPSA) is 66.5 Å². The number of carbonyl (C=O) groups is 1. The number of likely N-dealkylation sites (tertiary alicyclic amines) is 1. The minimum atomic E-state index is -3.10. The van der Waals surface area contributed by atoms with Crippen LogP contribution < -0.4 is 5.32 Å². The highest BCUT2D eigenvalue weighted by Gasteiger charge is 2.31. The fourth-order valence-electron chi connectivity index (χ4n) is 2.75. The zero-order valence-electron chi connectivity index (χ0n) is 13.5. The van der Waals surface area contributed by atoms with E-state index in [1.807, 2.05) is 13.8 Å². The van der Waals surface area contributed by atoms with Gasteiger partial charge in [-0.2, -0.15) is 0 Å². The largest absolute Gasteiger partial charge is 0.324 e. The van der Waals surface area contributed by atoms with Crippen molar-refractivity contribution >= 4 is 21.6 Å². The molecule has 1 aromatic carbocycles. The highest BCUT2D eigenvalue weighted by Crippen LogP contribution is 2.21. The summed E-state index contributed by atoms with van der Waals surface area (Å²) in [6, 6.07) is 5.26. The van der Waals surface area contributed by atoms with Crippen LogP contribution >= 0.6 is 0 Å². The van der Waals surface area contributed by atoms with Gasteiger partial charge >= 0.3 is 6.03 Å². The number of hydrogen-bond donors (Lipinski definition) is 1. The van der Waals surface area contributed by atoms with Gasteiger partial charge in [0.05, 0.1) is 11.0 Å². The van der Waals surface area contributed by atoms with Crippen molar-refractivity contribution in [3.8, 4) is 0 Å². The molecule has 5 nitrogen and oxygen atoms in total. The lowest BCUT2D eigenvalue weighted by atomic mass is 10.1. The van der Waals surface area contributed by atoms with E-state index in [4.69, 9.17) is 0 Å². The number of nitrogens with one attached hydrogen (secondary N) is 1. The Kier molecular flexibility index (Phi) is 5.62. The second-order valence-electron chi connectivity index (χ2n) is 6.35. The Morgan fingerprint density at radius 1 is 1.26 bits per heavy atom. The van der Waals surface area contributed by atoms with E-state index in [2.05, 4.69) is 5.32 Å². The summed E-state index contributed by atoms with van der Waals surface area (Å²) < 4.78 is 37.3. The SMILES string of the molecule is CC(C)CS(=O)(=O)C1CCN(C(=O)Nc2ccc(F)cc2)CC1. The first-order valence-corrected chi connectivity index (χ1v) is 9.52. The summed E-state index contributed by atoms with van der Waals surface area (Å²) in [6.07, 6.45) is 0.928. The first-order valence-electron chi connectivity index (χ1n) is 7.81. The van der Waals surface area contributed by atoms with Crippen LogP contribution in [0.15, 0.2) is 24.3 Å². The molecule has 1 N–H and O–H groups in total. The Balaban J connectivity index is 1.88. The molecule has 7 heteroatoms. The molecule has 23 heavy (non-hydrogen) atoms. The molecule has 0 radical (unpaired) electrons. The number of hydrogen-bond acceptors (Lipinski definition) is 3. The molecule has 1 aliphatic rings. The third-order valence-corrected chi connectivity index (χ3v) is 6.52. The number of urea groups is 1. The smallest absolute Gasteiger partial charge is 0.321 e. The minimum absolute atomic E-state index is 0.111. The van der Waals surface area contributed by atoms with Crippen LogP contribution in [0.5, 0.6) is 0 Å². The van der Waals surface area contributed by atoms with Crippen molar-refractivity contribution in [3.63, 3.8) is 0 Å². The summed E-state index contributed by atoms with van der Waals surface area (Å²) in [7, 11) is -3.10. The molecular formula is C16H23FN2O3S. The maximum atomic E-state index is 12.8. The average Bonchev–Trinajstić information content (AvgIpc) is 2.48. The van der Waals surface area contributed by atoms with Gasteiger partial charge in [-0.1, -0.05) is 13.8 Å². The van der Waals surface area contributed by atoms with Gasteiger partial charge in [-0.05, 0) is 43.0 Å². The van der Waals surface area contributed by atoms with Gasteiger partial charge in [0, 0.05) is 18.8 Å². The molecule has 1 aliphatic heterocycles. The fourth-order valence-corrected chi connectivity index (χ4v) is 4.88. The van der Waals surface area contributed by atoms with Crippen LogP contribution in [0.25, 0.3) is 0 Å². The Morgan fingerprint density at radius 3 is 2.35 bits per heavy atom. The van der Waals surface area contributed by atoms with Crippen LogP contribution in [0.1, 0.15) is 26.7 Å². The molecule has 1 aromatic rings. The molecule has 0 bridgehead atoms. The number of benzene rings is 1. The predicted molar refractivity (Wildman–Crippen MR) is 88.6 cm³/mol. The molecule has 2 rings (SSSR count). The van der Waals surface area contributed by atoms with Crippen LogP contribution in [0.4, 0.5) is 14.9 Å². The van der Waals surface area contributed by atoms with Gasteiger partial charge in [0.15, 0.2) is 9.84 Å². The lowest BCUT2D eigenvalue weighted by Gasteiger charge is -2.32. The van der Waals surface area contributed by atoms with E-state index in [0.717, 1.165) is 0 Å². The average molecular weight is 342 g/mol. The number of halogens is 1. The Hall–Kier alpha value is -1.63. The molecule has 1 saturated heterocycles. The maximum absolute atomic E-state index is 12.8. The van der Waals surface area contributed by atoms with Gasteiger partial charge in [0.1, 0.15) is 5.82 Å².